The van der Waals surface area contributed by atoms with Crippen LogP contribution in [-0.4, -0.2) is 42.1 Å². The number of amides is 1. The Morgan fingerprint density at radius 3 is 2.00 bits per heavy atom. The Morgan fingerprint density at radius 1 is 0.846 bits per heavy atom. The molecule has 2 aliphatic heterocycles. The van der Waals surface area contributed by atoms with E-state index in [0.717, 1.165) is 42.7 Å². The molecule has 0 bridgehead atoms. The van der Waals surface area contributed by atoms with Crippen molar-refractivity contribution in [2.75, 3.05) is 24.7 Å². The van der Waals surface area contributed by atoms with Crippen LogP contribution in [0.3, 0.4) is 0 Å². The molecule has 39 heavy (non-hydrogen) atoms. The Labute approximate surface area is 231 Å². The average Bonchev–Trinajstić information content (AvgIpc) is 3.26. The summed E-state index contributed by atoms with van der Waals surface area (Å²) in [5.74, 6) is -1.07. The molecule has 4 nitrogen and oxygen atoms in total. The van der Waals surface area contributed by atoms with Gasteiger partial charge in [-0.05, 0) is 79.3 Å². The van der Waals surface area contributed by atoms with Gasteiger partial charge in [-0.1, -0.05) is 48.0 Å². The Morgan fingerprint density at radius 2 is 1.46 bits per heavy atom. The Balaban J connectivity index is 1.23. The van der Waals surface area contributed by atoms with Crippen molar-refractivity contribution in [2.45, 2.75) is 42.7 Å². The van der Waals surface area contributed by atoms with Crippen LogP contribution in [0.2, 0.25) is 5.02 Å². The molecule has 202 valence electrons. The second kappa shape index (κ2) is 10.0. The van der Waals surface area contributed by atoms with Crippen molar-refractivity contribution >= 4 is 23.2 Å². The van der Waals surface area contributed by atoms with Crippen LogP contribution in [0.25, 0.3) is 0 Å². The summed E-state index contributed by atoms with van der Waals surface area (Å²) in [4.78, 5) is 17.5. The van der Waals surface area contributed by atoms with Gasteiger partial charge in [0.1, 0.15) is 23.0 Å². The molecule has 1 N–H and O–H groups in total. The molecule has 2 saturated heterocycles. The third kappa shape index (κ3) is 4.51. The highest BCUT2D eigenvalue weighted by Gasteiger charge is 2.51. The van der Waals surface area contributed by atoms with E-state index in [1.54, 1.807) is 12.1 Å². The van der Waals surface area contributed by atoms with E-state index < -0.39 is 16.8 Å². The highest BCUT2D eigenvalue weighted by Crippen LogP contribution is 2.44. The fourth-order valence-corrected chi connectivity index (χ4v) is 6.76. The first-order valence-corrected chi connectivity index (χ1v) is 13.7. The number of hydrogen-bond acceptors (Lipinski definition) is 3. The van der Waals surface area contributed by atoms with Gasteiger partial charge in [-0.25, -0.2) is 13.2 Å². The summed E-state index contributed by atoms with van der Waals surface area (Å²) in [5, 5.41) is 3.02. The van der Waals surface area contributed by atoms with Crippen LogP contribution < -0.4 is 10.2 Å². The standard InChI is InChI=1S/C31H29ClF3N3O/c32-27-19-26(9-10-28(27)35)38-20-36-29(39)31(38)15-17-37(18-16-31)25-11-13-30(14-12-25,21-1-5-23(33)6-2-21)22-3-7-24(34)8-4-22/h1-11,13,19,25H,12,14-18,20H2,(H,36,39). The highest BCUT2D eigenvalue weighted by atomic mass is 35.5. The van der Waals surface area contributed by atoms with E-state index in [-0.39, 0.29) is 28.6 Å². The molecule has 0 aromatic heterocycles. The molecule has 3 aliphatic rings. The van der Waals surface area contributed by atoms with E-state index in [9.17, 15) is 18.0 Å². The lowest BCUT2D eigenvalue weighted by molar-refractivity contribution is -0.125. The van der Waals surface area contributed by atoms with E-state index in [1.165, 1.54) is 30.3 Å². The molecule has 1 aliphatic carbocycles. The predicted molar refractivity (Wildman–Crippen MR) is 146 cm³/mol. The molecule has 3 aromatic rings. The number of nitrogens with zero attached hydrogens (tertiary/aromatic N) is 2. The first kappa shape index (κ1) is 26.0. The van der Waals surface area contributed by atoms with Crippen LogP contribution in [0.1, 0.15) is 36.8 Å². The lowest BCUT2D eigenvalue weighted by Gasteiger charge is -2.47. The minimum Gasteiger partial charge on any atom is -0.339 e. The topological polar surface area (TPSA) is 35.6 Å². The summed E-state index contributed by atoms with van der Waals surface area (Å²) in [7, 11) is 0. The zero-order valence-corrected chi connectivity index (χ0v) is 22.1. The maximum absolute atomic E-state index is 13.8. The molecular weight excluding hydrogens is 523 g/mol. The van der Waals surface area contributed by atoms with Crippen molar-refractivity contribution in [3.8, 4) is 0 Å². The number of benzene rings is 3. The Kier molecular flexibility index (Phi) is 6.68. The number of rotatable bonds is 4. The monoisotopic (exact) mass is 551 g/mol. The normalized spacial score (nSPS) is 22.3. The van der Waals surface area contributed by atoms with Crippen LogP contribution in [0.5, 0.6) is 0 Å². The van der Waals surface area contributed by atoms with Gasteiger partial charge in [0.25, 0.3) is 0 Å². The number of carbonyl (C=O) groups excluding carboxylic acids is 1. The molecule has 2 heterocycles. The Bertz CT molecular complexity index is 1360. The van der Waals surface area contributed by atoms with E-state index in [1.807, 2.05) is 29.2 Å². The van der Waals surface area contributed by atoms with E-state index >= 15 is 0 Å². The summed E-state index contributed by atoms with van der Waals surface area (Å²) in [6, 6.07) is 17.9. The molecule has 8 heteroatoms. The van der Waals surface area contributed by atoms with Crippen LogP contribution in [0, 0.1) is 17.5 Å². The zero-order chi connectivity index (χ0) is 27.2. The van der Waals surface area contributed by atoms with Gasteiger partial charge in [-0.3, -0.25) is 9.69 Å². The summed E-state index contributed by atoms with van der Waals surface area (Å²) in [6.07, 6.45) is 7.32. The molecule has 1 spiro atoms. The fourth-order valence-electron chi connectivity index (χ4n) is 6.58. The highest BCUT2D eigenvalue weighted by molar-refractivity contribution is 6.31. The largest absolute Gasteiger partial charge is 0.339 e. The first-order valence-electron chi connectivity index (χ1n) is 13.3. The number of piperidine rings is 1. The van der Waals surface area contributed by atoms with Crippen LogP contribution in [-0.2, 0) is 10.2 Å². The lowest BCUT2D eigenvalue weighted by Crippen LogP contribution is -2.58. The molecule has 0 saturated carbocycles. The quantitative estimate of drug-likeness (QED) is 0.393. The molecule has 6 rings (SSSR count). The number of likely N-dealkylation sites (tertiary alicyclic amines) is 1. The molecule has 1 unspecified atom stereocenters. The van der Waals surface area contributed by atoms with E-state index in [0.29, 0.717) is 19.5 Å². The van der Waals surface area contributed by atoms with Gasteiger partial charge in [0.2, 0.25) is 5.91 Å². The average molecular weight is 552 g/mol. The molecule has 3 aromatic carbocycles. The number of nitrogens with one attached hydrogen (secondary N) is 1. The van der Waals surface area contributed by atoms with Gasteiger partial charge in [0.15, 0.2) is 0 Å². The molecular formula is C31H29ClF3N3O. The number of anilines is 1. The Hall–Kier alpha value is -3.29. The second-order valence-electron chi connectivity index (χ2n) is 10.7. The number of halogens is 4. The smallest absolute Gasteiger partial charge is 0.247 e. The summed E-state index contributed by atoms with van der Waals surface area (Å²) < 4.78 is 41.3. The van der Waals surface area contributed by atoms with Crippen molar-refractivity contribution in [1.82, 2.24) is 10.2 Å². The zero-order valence-electron chi connectivity index (χ0n) is 21.3. The van der Waals surface area contributed by atoms with Gasteiger partial charge in [-0.15, -0.1) is 0 Å². The minimum atomic E-state index is -0.692. The molecule has 2 fully saturated rings. The summed E-state index contributed by atoms with van der Waals surface area (Å²) >= 11 is 6.05. The molecule has 1 atom stereocenters. The van der Waals surface area contributed by atoms with Crippen molar-refractivity contribution in [2.24, 2.45) is 0 Å². The number of allylic oxidation sites excluding steroid dienone is 1. The van der Waals surface area contributed by atoms with Crippen molar-refractivity contribution in [3.63, 3.8) is 0 Å². The number of hydrogen-bond donors (Lipinski definition) is 1. The second-order valence-corrected chi connectivity index (χ2v) is 11.1. The van der Waals surface area contributed by atoms with E-state index in [4.69, 9.17) is 11.6 Å². The third-order valence-electron chi connectivity index (χ3n) is 8.80. The van der Waals surface area contributed by atoms with Crippen LogP contribution in [0.4, 0.5) is 18.9 Å². The first-order chi connectivity index (χ1) is 18.8. The van der Waals surface area contributed by atoms with Crippen LogP contribution >= 0.6 is 11.6 Å². The maximum atomic E-state index is 13.8. The number of carbonyl (C=O) groups is 1. The van der Waals surface area contributed by atoms with Crippen molar-refractivity contribution in [1.29, 1.82) is 0 Å². The molecule has 0 radical (unpaired) electrons. The fraction of sp³-hybridized carbons (Fsp3) is 0.323. The SMILES string of the molecule is O=C1NCN(c2ccc(F)c(Cl)c2)C12CCN(C1C=CC(c3ccc(F)cc3)(c3ccc(F)cc3)CC1)CC2. The summed E-state index contributed by atoms with van der Waals surface area (Å²) in [6.45, 7) is 1.82. The van der Waals surface area contributed by atoms with Gasteiger partial charge >= 0.3 is 0 Å². The third-order valence-corrected chi connectivity index (χ3v) is 9.09. The maximum Gasteiger partial charge on any atom is 0.247 e. The van der Waals surface area contributed by atoms with Crippen molar-refractivity contribution in [3.05, 3.63) is 112 Å². The predicted octanol–water partition coefficient (Wildman–Crippen LogP) is 6.19. The molecule has 1 amide bonds. The van der Waals surface area contributed by atoms with E-state index in [2.05, 4.69) is 22.4 Å². The van der Waals surface area contributed by atoms with Crippen LogP contribution in [0.15, 0.2) is 78.9 Å². The minimum absolute atomic E-state index is 0.00609. The van der Waals surface area contributed by atoms with Crippen molar-refractivity contribution < 1.29 is 18.0 Å². The lowest BCUT2D eigenvalue weighted by atomic mass is 9.68. The van der Waals surface area contributed by atoms with Gasteiger partial charge < -0.3 is 10.2 Å². The van der Waals surface area contributed by atoms with Gasteiger partial charge in [-0.2, -0.15) is 0 Å². The van der Waals surface area contributed by atoms with Gasteiger partial charge in [0, 0.05) is 30.2 Å². The summed E-state index contributed by atoms with van der Waals surface area (Å²) in [5.41, 5.74) is 1.51. The van der Waals surface area contributed by atoms with Gasteiger partial charge in [0.05, 0.1) is 11.7 Å².